The largest absolute Gasteiger partial charge is 0.419 e. The van der Waals surface area contributed by atoms with Crippen molar-refractivity contribution < 1.29 is 9.21 Å². The molecule has 1 saturated carbocycles. The van der Waals surface area contributed by atoms with Crippen molar-refractivity contribution in [3.63, 3.8) is 0 Å². The van der Waals surface area contributed by atoms with E-state index < -0.39 is 0 Å². The number of fused-ring (bicyclic) bond motifs is 1. The maximum atomic E-state index is 12.0. The van der Waals surface area contributed by atoms with E-state index in [2.05, 4.69) is 10.2 Å². The first-order valence-corrected chi connectivity index (χ1v) is 9.54. The van der Waals surface area contributed by atoms with E-state index in [0.717, 1.165) is 29.3 Å². The smallest absolute Gasteiger partial charge is 0.408 e. The molecule has 0 atom stereocenters. The Kier molecular flexibility index (Phi) is 4.54. The minimum atomic E-state index is -0.360. The lowest BCUT2D eigenvalue weighted by Crippen LogP contribution is -2.17. The van der Waals surface area contributed by atoms with Gasteiger partial charge in [0.2, 0.25) is 5.91 Å². The van der Waals surface area contributed by atoms with Crippen molar-refractivity contribution in [3.8, 4) is 0 Å². The van der Waals surface area contributed by atoms with Crippen molar-refractivity contribution in [3.05, 3.63) is 40.6 Å². The highest BCUT2D eigenvalue weighted by Crippen LogP contribution is 2.40. The van der Waals surface area contributed by atoms with Gasteiger partial charge in [-0.2, -0.15) is 0 Å². The number of hydrogen-bond acceptors (Lipinski definition) is 6. The molecule has 3 aromatic rings. The number of carbonyl (C=O) groups is 1. The highest BCUT2D eigenvalue weighted by atomic mass is 32.2. The van der Waals surface area contributed by atoms with Crippen molar-refractivity contribution in [2.75, 3.05) is 5.75 Å². The van der Waals surface area contributed by atoms with Gasteiger partial charge in [0.15, 0.2) is 10.7 Å². The third-order valence-corrected chi connectivity index (χ3v) is 5.34. The van der Waals surface area contributed by atoms with Crippen LogP contribution >= 0.6 is 11.8 Å². The van der Waals surface area contributed by atoms with E-state index in [9.17, 15) is 9.59 Å². The molecule has 1 fully saturated rings. The van der Waals surface area contributed by atoms with Gasteiger partial charge in [0, 0.05) is 31.2 Å². The molecule has 2 aromatic heterocycles. The van der Waals surface area contributed by atoms with Gasteiger partial charge < -0.3 is 14.7 Å². The van der Waals surface area contributed by atoms with E-state index in [1.54, 1.807) is 10.6 Å². The van der Waals surface area contributed by atoms with E-state index in [1.165, 1.54) is 11.8 Å². The molecule has 0 aliphatic heterocycles. The molecule has 1 aromatic carbocycles. The van der Waals surface area contributed by atoms with Gasteiger partial charge in [-0.3, -0.25) is 9.36 Å². The first-order valence-electron chi connectivity index (χ1n) is 8.56. The zero-order chi connectivity index (χ0) is 18.1. The maximum Gasteiger partial charge on any atom is 0.419 e. The monoisotopic (exact) mass is 373 g/mol. The standard InChI is InChI=1S/C17H19N5O3S/c18-14(23)7-8-22-15(11-5-6-11)19-20-16(22)26-10-9-21-12-3-1-2-4-13(12)25-17(21)24/h1-4,11H,5-10H2,(H2,18,23). The summed E-state index contributed by atoms with van der Waals surface area (Å²) in [4.78, 5) is 23.2. The third-order valence-electron chi connectivity index (χ3n) is 4.39. The predicted octanol–water partition coefficient (Wildman–Crippen LogP) is 1.73. The van der Waals surface area contributed by atoms with Gasteiger partial charge in [-0.15, -0.1) is 10.2 Å². The molecule has 0 saturated heterocycles. The van der Waals surface area contributed by atoms with Gasteiger partial charge in [0.05, 0.1) is 5.52 Å². The molecule has 136 valence electrons. The second-order valence-electron chi connectivity index (χ2n) is 6.32. The Labute approximate surface area is 153 Å². The lowest BCUT2D eigenvalue weighted by molar-refractivity contribution is -0.118. The van der Waals surface area contributed by atoms with Gasteiger partial charge >= 0.3 is 5.76 Å². The summed E-state index contributed by atoms with van der Waals surface area (Å²) in [6.07, 6.45) is 2.47. The van der Waals surface area contributed by atoms with Crippen LogP contribution in [0.25, 0.3) is 11.1 Å². The first kappa shape index (κ1) is 16.9. The van der Waals surface area contributed by atoms with Crippen LogP contribution < -0.4 is 11.5 Å². The summed E-state index contributed by atoms with van der Waals surface area (Å²) in [6, 6.07) is 7.36. The molecule has 4 rings (SSSR count). The molecular formula is C17H19N5O3S. The van der Waals surface area contributed by atoms with E-state index in [-0.39, 0.29) is 18.1 Å². The van der Waals surface area contributed by atoms with E-state index in [0.29, 0.717) is 30.3 Å². The predicted molar refractivity (Wildman–Crippen MR) is 97.0 cm³/mol. The van der Waals surface area contributed by atoms with E-state index in [4.69, 9.17) is 10.2 Å². The lowest BCUT2D eigenvalue weighted by atomic mass is 10.3. The Morgan fingerprint density at radius 2 is 2.04 bits per heavy atom. The number of rotatable bonds is 8. The van der Waals surface area contributed by atoms with Gasteiger partial charge in [-0.05, 0) is 25.0 Å². The molecule has 1 aliphatic carbocycles. The molecule has 8 nitrogen and oxygen atoms in total. The Morgan fingerprint density at radius 3 is 2.81 bits per heavy atom. The SMILES string of the molecule is NC(=O)CCn1c(SCCn2c(=O)oc3ccccc32)nnc1C1CC1. The summed E-state index contributed by atoms with van der Waals surface area (Å²) in [6.45, 7) is 0.993. The molecule has 9 heteroatoms. The number of primary amides is 1. The molecular weight excluding hydrogens is 354 g/mol. The fraction of sp³-hybridized carbons (Fsp3) is 0.412. The molecule has 2 heterocycles. The van der Waals surface area contributed by atoms with Crippen LogP contribution in [-0.4, -0.2) is 31.0 Å². The summed E-state index contributed by atoms with van der Waals surface area (Å²) < 4.78 is 8.86. The third kappa shape index (κ3) is 3.39. The van der Waals surface area contributed by atoms with Crippen LogP contribution in [0.4, 0.5) is 0 Å². The van der Waals surface area contributed by atoms with E-state index in [1.807, 2.05) is 22.8 Å². The second-order valence-corrected chi connectivity index (χ2v) is 7.38. The number of benzene rings is 1. The van der Waals surface area contributed by atoms with Crippen LogP contribution in [0.15, 0.2) is 38.6 Å². The lowest BCUT2D eigenvalue weighted by Gasteiger charge is -2.08. The minimum absolute atomic E-state index is 0.261. The minimum Gasteiger partial charge on any atom is -0.408 e. The van der Waals surface area contributed by atoms with Crippen molar-refractivity contribution in [2.45, 2.75) is 43.4 Å². The van der Waals surface area contributed by atoms with Crippen LogP contribution in [0.3, 0.4) is 0 Å². The number of carbonyl (C=O) groups excluding carboxylic acids is 1. The summed E-state index contributed by atoms with van der Waals surface area (Å²) in [5.41, 5.74) is 6.66. The molecule has 0 spiro atoms. The average molecular weight is 373 g/mol. The van der Waals surface area contributed by atoms with Crippen molar-refractivity contribution in [1.82, 2.24) is 19.3 Å². The Bertz CT molecular complexity index is 1000. The molecule has 2 N–H and O–H groups in total. The summed E-state index contributed by atoms with van der Waals surface area (Å²) in [7, 11) is 0. The molecule has 0 bridgehead atoms. The number of para-hydroxylation sites is 2. The average Bonchev–Trinajstić information content (AvgIpc) is 3.31. The highest BCUT2D eigenvalue weighted by Gasteiger charge is 2.30. The van der Waals surface area contributed by atoms with Crippen LogP contribution in [0.1, 0.15) is 31.0 Å². The quantitative estimate of drug-likeness (QED) is 0.602. The number of nitrogens with two attached hydrogens (primary N) is 1. The van der Waals surface area contributed by atoms with Crippen molar-refractivity contribution in [1.29, 1.82) is 0 Å². The number of aromatic nitrogens is 4. The zero-order valence-electron chi connectivity index (χ0n) is 14.1. The normalized spacial score (nSPS) is 14.2. The number of hydrogen-bond donors (Lipinski definition) is 1. The number of thioether (sulfide) groups is 1. The Balaban J connectivity index is 1.48. The fourth-order valence-electron chi connectivity index (χ4n) is 2.94. The second kappa shape index (κ2) is 6.99. The molecule has 1 amide bonds. The Hall–Kier alpha value is -2.55. The topological polar surface area (TPSA) is 109 Å². The van der Waals surface area contributed by atoms with Crippen molar-refractivity contribution >= 4 is 28.8 Å². The van der Waals surface area contributed by atoms with Crippen LogP contribution in [0.5, 0.6) is 0 Å². The molecule has 0 unspecified atom stereocenters. The number of nitrogens with zero attached hydrogens (tertiary/aromatic N) is 4. The fourth-order valence-corrected chi connectivity index (χ4v) is 3.83. The van der Waals surface area contributed by atoms with Gasteiger partial charge in [-0.25, -0.2) is 4.79 Å². The summed E-state index contributed by atoms with van der Waals surface area (Å²) in [5.74, 6) is 1.31. The highest BCUT2D eigenvalue weighted by molar-refractivity contribution is 7.99. The van der Waals surface area contributed by atoms with Crippen LogP contribution in [-0.2, 0) is 17.9 Å². The van der Waals surface area contributed by atoms with Gasteiger partial charge in [0.25, 0.3) is 0 Å². The Morgan fingerprint density at radius 1 is 1.23 bits per heavy atom. The van der Waals surface area contributed by atoms with Crippen molar-refractivity contribution in [2.24, 2.45) is 5.73 Å². The molecule has 0 radical (unpaired) electrons. The molecule has 26 heavy (non-hydrogen) atoms. The van der Waals surface area contributed by atoms with Gasteiger partial charge in [-0.1, -0.05) is 23.9 Å². The van der Waals surface area contributed by atoms with Gasteiger partial charge in [0.1, 0.15) is 5.82 Å². The number of amides is 1. The van der Waals surface area contributed by atoms with E-state index >= 15 is 0 Å². The van der Waals surface area contributed by atoms with Crippen LogP contribution in [0.2, 0.25) is 0 Å². The summed E-state index contributed by atoms with van der Waals surface area (Å²) in [5, 5.41) is 9.32. The number of oxazole rings is 1. The first-order chi connectivity index (χ1) is 12.6. The summed E-state index contributed by atoms with van der Waals surface area (Å²) >= 11 is 1.52. The zero-order valence-corrected chi connectivity index (χ0v) is 14.9. The molecule has 1 aliphatic rings. The number of aryl methyl sites for hydroxylation is 1. The maximum absolute atomic E-state index is 12.0. The van der Waals surface area contributed by atoms with Crippen LogP contribution in [0, 0.1) is 0 Å².